The van der Waals surface area contributed by atoms with Crippen LogP contribution < -0.4 is 10.1 Å². The Morgan fingerprint density at radius 1 is 1.15 bits per heavy atom. The normalized spacial score (nSPS) is 15.5. The van der Waals surface area contributed by atoms with Crippen LogP contribution in [0.25, 0.3) is 0 Å². The second-order valence-electron chi connectivity index (χ2n) is 6.39. The minimum absolute atomic E-state index is 0.0780. The predicted molar refractivity (Wildman–Crippen MR) is 94.7 cm³/mol. The number of carbonyl (C=O) groups is 1. The zero-order valence-corrected chi connectivity index (χ0v) is 14.8. The van der Waals surface area contributed by atoms with Gasteiger partial charge in [-0.15, -0.1) is 0 Å². The number of pyridine rings is 1. The Morgan fingerprint density at radius 2 is 1.85 bits per heavy atom. The number of aromatic nitrogens is 1. The highest BCUT2D eigenvalue weighted by Crippen LogP contribution is 2.34. The molecule has 3 rings (SSSR count). The number of anilines is 1. The molecule has 27 heavy (non-hydrogen) atoms. The molecule has 5 nitrogen and oxygen atoms in total. The Bertz CT molecular complexity index is 803. The number of benzene rings is 1. The van der Waals surface area contributed by atoms with Crippen LogP contribution in [0.2, 0.25) is 0 Å². The van der Waals surface area contributed by atoms with Crippen LogP contribution in [0, 0.1) is 6.92 Å². The smallest absolute Gasteiger partial charge is 0.418 e. The van der Waals surface area contributed by atoms with Crippen molar-refractivity contribution >= 4 is 11.7 Å². The number of alkyl halides is 3. The van der Waals surface area contributed by atoms with Crippen LogP contribution >= 0.6 is 0 Å². The number of piperidine rings is 1. The van der Waals surface area contributed by atoms with Crippen LogP contribution in [0.3, 0.4) is 0 Å². The van der Waals surface area contributed by atoms with Gasteiger partial charge in [0.1, 0.15) is 6.10 Å². The van der Waals surface area contributed by atoms with Gasteiger partial charge in [0.25, 0.3) is 0 Å². The van der Waals surface area contributed by atoms with Crippen LogP contribution in [0.15, 0.2) is 42.5 Å². The molecular formula is C19H20F3N3O2. The highest BCUT2D eigenvalue weighted by molar-refractivity contribution is 5.90. The van der Waals surface area contributed by atoms with Crippen molar-refractivity contribution in [2.45, 2.75) is 32.0 Å². The summed E-state index contributed by atoms with van der Waals surface area (Å²) in [6, 6.07) is 9.92. The third-order valence-electron chi connectivity index (χ3n) is 4.35. The summed E-state index contributed by atoms with van der Waals surface area (Å²) in [6.07, 6.45) is -3.43. The van der Waals surface area contributed by atoms with Gasteiger partial charge in [0.05, 0.1) is 11.3 Å². The molecule has 1 aliphatic rings. The maximum atomic E-state index is 13.0. The van der Waals surface area contributed by atoms with E-state index in [1.54, 1.807) is 6.07 Å². The van der Waals surface area contributed by atoms with Gasteiger partial charge >= 0.3 is 12.2 Å². The Morgan fingerprint density at radius 3 is 2.52 bits per heavy atom. The minimum atomic E-state index is -4.52. The molecule has 2 aromatic rings. The summed E-state index contributed by atoms with van der Waals surface area (Å²) < 4.78 is 44.9. The summed E-state index contributed by atoms with van der Waals surface area (Å²) in [5, 5.41) is 2.37. The fourth-order valence-electron chi connectivity index (χ4n) is 2.96. The van der Waals surface area contributed by atoms with E-state index in [-0.39, 0.29) is 11.8 Å². The highest BCUT2D eigenvalue weighted by Gasteiger charge is 2.34. The summed E-state index contributed by atoms with van der Waals surface area (Å²) >= 11 is 0. The van der Waals surface area contributed by atoms with E-state index >= 15 is 0 Å². The molecule has 0 spiro atoms. The molecular weight excluding hydrogens is 359 g/mol. The summed E-state index contributed by atoms with van der Waals surface area (Å²) in [5.74, 6) is 0.539. The van der Waals surface area contributed by atoms with E-state index in [9.17, 15) is 18.0 Å². The van der Waals surface area contributed by atoms with Crippen LogP contribution in [-0.2, 0) is 6.18 Å². The van der Waals surface area contributed by atoms with Crippen LogP contribution in [-0.4, -0.2) is 35.1 Å². The average molecular weight is 379 g/mol. The van der Waals surface area contributed by atoms with E-state index in [0.717, 1.165) is 11.8 Å². The number of hydrogen-bond donors (Lipinski definition) is 1. The summed E-state index contributed by atoms with van der Waals surface area (Å²) in [4.78, 5) is 18.1. The molecule has 2 amide bonds. The number of nitrogens with one attached hydrogen (secondary N) is 1. The molecule has 0 aliphatic carbocycles. The quantitative estimate of drug-likeness (QED) is 0.855. The van der Waals surface area contributed by atoms with Crippen molar-refractivity contribution in [3.8, 4) is 5.88 Å². The Kier molecular flexibility index (Phi) is 5.53. The molecule has 1 saturated heterocycles. The van der Waals surface area contributed by atoms with Gasteiger partial charge in [0, 0.05) is 37.7 Å². The fraction of sp³-hybridized carbons (Fsp3) is 0.368. The Labute approximate surface area is 155 Å². The van der Waals surface area contributed by atoms with Crippen molar-refractivity contribution in [2.24, 2.45) is 0 Å². The molecule has 8 heteroatoms. The van der Waals surface area contributed by atoms with Crippen LogP contribution in [0.1, 0.15) is 24.1 Å². The average Bonchev–Trinajstić information content (AvgIpc) is 2.62. The van der Waals surface area contributed by atoms with Gasteiger partial charge in [0.15, 0.2) is 0 Å². The lowest BCUT2D eigenvalue weighted by Crippen LogP contribution is -2.44. The maximum Gasteiger partial charge on any atom is 0.418 e. The van der Waals surface area contributed by atoms with Gasteiger partial charge in [-0.2, -0.15) is 13.2 Å². The zero-order chi connectivity index (χ0) is 19.4. The van der Waals surface area contributed by atoms with Crippen molar-refractivity contribution in [3.05, 3.63) is 53.7 Å². The number of aryl methyl sites for hydroxylation is 1. The molecule has 144 valence electrons. The van der Waals surface area contributed by atoms with Gasteiger partial charge in [0.2, 0.25) is 5.88 Å². The van der Waals surface area contributed by atoms with E-state index in [2.05, 4.69) is 10.3 Å². The molecule has 0 bridgehead atoms. The standard InChI is InChI=1S/C19H20F3N3O2/c1-13-5-4-8-17(23-13)27-14-9-11-25(12-10-14)18(26)24-16-7-3-2-6-15(16)19(20,21)22/h2-8,14H,9-12H2,1H3,(H,24,26). The lowest BCUT2D eigenvalue weighted by Gasteiger charge is -2.32. The zero-order valence-electron chi connectivity index (χ0n) is 14.8. The molecule has 1 aromatic carbocycles. The number of likely N-dealkylation sites (tertiary alicyclic amines) is 1. The van der Waals surface area contributed by atoms with Gasteiger partial charge in [-0.25, -0.2) is 9.78 Å². The molecule has 1 aromatic heterocycles. The van der Waals surface area contributed by atoms with Gasteiger partial charge < -0.3 is 15.0 Å². The molecule has 1 N–H and O–H groups in total. The van der Waals surface area contributed by atoms with Gasteiger partial charge in [-0.1, -0.05) is 18.2 Å². The van der Waals surface area contributed by atoms with Crippen molar-refractivity contribution in [3.63, 3.8) is 0 Å². The third kappa shape index (κ3) is 4.90. The number of para-hydroxylation sites is 1. The van der Waals surface area contributed by atoms with Crippen molar-refractivity contribution in [2.75, 3.05) is 18.4 Å². The first kappa shape index (κ1) is 19.0. The van der Waals surface area contributed by atoms with Gasteiger partial charge in [-0.3, -0.25) is 0 Å². The monoisotopic (exact) mass is 379 g/mol. The molecule has 2 heterocycles. The summed E-state index contributed by atoms with van der Waals surface area (Å²) in [6.45, 7) is 2.67. The number of amides is 2. The number of carbonyl (C=O) groups excluding carboxylic acids is 1. The second-order valence-corrected chi connectivity index (χ2v) is 6.39. The van der Waals surface area contributed by atoms with Gasteiger partial charge in [-0.05, 0) is 25.1 Å². The lowest BCUT2D eigenvalue weighted by molar-refractivity contribution is -0.136. The lowest BCUT2D eigenvalue weighted by atomic mass is 10.1. The largest absolute Gasteiger partial charge is 0.474 e. The first-order valence-corrected chi connectivity index (χ1v) is 8.65. The van der Waals surface area contributed by atoms with Crippen molar-refractivity contribution in [1.29, 1.82) is 0 Å². The van der Waals surface area contributed by atoms with Crippen LogP contribution in [0.5, 0.6) is 5.88 Å². The number of urea groups is 1. The first-order chi connectivity index (χ1) is 12.8. The minimum Gasteiger partial charge on any atom is -0.474 e. The fourth-order valence-corrected chi connectivity index (χ4v) is 2.96. The molecule has 0 unspecified atom stereocenters. The number of ether oxygens (including phenoxy) is 1. The molecule has 1 aliphatic heterocycles. The van der Waals surface area contributed by atoms with Crippen molar-refractivity contribution in [1.82, 2.24) is 9.88 Å². The number of halogens is 3. The summed E-state index contributed by atoms with van der Waals surface area (Å²) in [7, 11) is 0. The van der Waals surface area contributed by atoms with E-state index in [0.29, 0.717) is 31.8 Å². The Hall–Kier alpha value is -2.77. The third-order valence-corrected chi connectivity index (χ3v) is 4.35. The molecule has 1 fully saturated rings. The van der Waals surface area contributed by atoms with E-state index in [4.69, 9.17) is 4.74 Å². The molecule has 0 saturated carbocycles. The topological polar surface area (TPSA) is 54.5 Å². The molecule has 0 radical (unpaired) electrons. The first-order valence-electron chi connectivity index (χ1n) is 8.65. The SMILES string of the molecule is Cc1cccc(OC2CCN(C(=O)Nc3ccccc3C(F)(F)F)CC2)n1. The second kappa shape index (κ2) is 7.85. The number of nitrogens with zero attached hydrogens (tertiary/aromatic N) is 2. The highest BCUT2D eigenvalue weighted by atomic mass is 19.4. The predicted octanol–water partition coefficient (Wildman–Crippen LogP) is 4.48. The Balaban J connectivity index is 1.56. The van der Waals surface area contributed by atoms with E-state index in [1.165, 1.54) is 23.1 Å². The van der Waals surface area contributed by atoms with Crippen LogP contribution in [0.4, 0.5) is 23.7 Å². The number of rotatable bonds is 3. The van der Waals surface area contributed by atoms with Crippen molar-refractivity contribution < 1.29 is 22.7 Å². The summed E-state index contributed by atoms with van der Waals surface area (Å²) in [5.41, 5.74) is -0.243. The number of hydrogen-bond acceptors (Lipinski definition) is 3. The molecule has 0 atom stereocenters. The van der Waals surface area contributed by atoms with E-state index < -0.39 is 17.8 Å². The maximum absolute atomic E-state index is 13.0. The van der Waals surface area contributed by atoms with E-state index in [1.807, 2.05) is 19.1 Å².